The van der Waals surface area contributed by atoms with Crippen LogP contribution in [0.1, 0.15) is 56.8 Å². The zero-order chi connectivity index (χ0) is 14.8. The molecule has 1 heterocycles. The van der Waals surface area contributed by atoms with Crippen molar-refractivity contribution in [3.05, 3.63) is 15.9 Å². The summed E-state index contributed by atoms with van der Waals surface area (Å²) >= 11 is 3.56. The van der Waals surface area contributed by atoms with Crippen molar-refractivity contribution in [3.63, 3.8) is 0 Å². The van der Waals surface area contributed by atoms with Gasteiger partial charge in [-0.1, -0.05) is 26.2 Å². The molecule has 1 aromatic heterocycles. The van der Waals surface area contributed by atoms with Gasteiger partial charge in [-0.2, -0.15) is 5.10 Å². The summed E-state index contributed by atoms with van der Waals surface area (Å²) in [5, 5.41) is 4.43. The van der Waals surface area contributed by atoms with E-state index in [0.29, 0.717) is 12.8 Å². The van der Waals surface area contributed by atoms with Gasteiger partial charge in [-0.05, 0) is 35.2 Å². The summed E-state index contributed by atoms with van der Waals surface area (Å²) in [5.74, 6) is 0.223. The summed E-state index contributed by atoms with van der Waals surface area (Å²) in [5.41, 5.74) is 8.07. The number of Topliss-reactive ketones (excluding diaryl/α,β-unsaturated/α-hetero) is 1. The predicted octanol–water partition coefficient (Wildman–Crippen LogP) is 2.91. The highest BCUT2D eigenvalue weighted by molar-refractivity contribution is 9.10. The largest absolute Gasteiger partial charge is 0.325 e. The average Bonchev–Trinajstić information content (AvgIpc) is 2.66. The lowest BCUT2D eigenvalue weighted by Gasteiger charge is -2.32. The molecule has 0 aliphatic heterocycles. The zero-order valence-corrected chi connectivity index (χ0v) is 14.0. The van der Waals surface area contributed by atoms with E-state index in [-0.39, 0.29) is 11.3 Å². The highest BCUT2D eigenvalue weighted by Gasteiger charge is 2.30. The second kappa shape index (κ2) is 6.39. The van der Waals surface area contributed by atoms with Crippen molar-refractivity contribution in [1.82, 2.24) is 9.78 Å². The van der Waals surface area contributed by atoms with Crippen molar-refractivity contribution in [2.24, 2.45) is 12.8 Å². The maximum absolute atomic E-state index is 12.3. The fourth-order valence-electron chi connectivity index (χ4n) is 3.09. The normalized spacial score (nSPS) is 18.2. The van der Waals surface area contributed by atoms with Crippen molar-refractivity contribution in [2.45, 2.75) is 63.8 Å². The topological polar surface area (TPSA) is 60.9 Å². The maximum atomic E-state index is 12.3. The Balaban J connectivity index is 2.03. The maximum Gasteiger partial charge on any atom is 0.140 e. The Morgan fingerprint density at radius 1 is 1.40 bits per heavy atom. The molecule has 0 aromatic carbocycles. The van der Waals surface area contributed by atoms with E-state index in [1.54, 1.807) is 0 Å². The fourth-order valence-corrected chi connectivity index (χ4v) is 3.84. The Labute approximate surface area is 129 Å². The van der Waals surface area contributed by atoms with Gasteiger partial charge in [0.2, 0.25) is 0 Å². The van der Waals surface area contributed by atoms with Crippen LogP contribution in [0, 0.1) is 0 Å². The molecular weight excluding hydrogens is 318 g/mol. The smallest absolute Gasteiger partial charge is 0.140 e. The van der Waals surface area contributed by atoms with Crippen LogP contribution in [-0.2, 0) is 24.7 Å². The number of ketones is 1. The van der Waals surface area contributed by atoms with Crippen LogP contribution < -0.4 is 5.73 Å². The van der Waals surface area contributed by atoms with Gasteiger partial charge >= 0.3 is 0 Å². The first-order valence-electron chi connectivity index (χ1n) is 7.46. The number of carbonyl (C=O) groups excluding carboxylic acids is 1. The van der Waals surface area contributed by atoms with Crippen molar-refractivity contribution in [1.29, 1.82) is 0 Å². The van der Waals surface area contributed by atoms with Gasteiger partial charge in [0, 0.05) is 25.4 Å². The molecule has 0 unspecified atom stereocenters. The first-order chi connectivity index (χ1) is 9.45. The van der Waals surface area contributed by atoms with E-state index in [9.17, 15) is 4.79 Å². The molecule has 112 valence electrons. The Morgan fingerprint density at radius 3 is 2.60 bits per heavy atom. The number of hydrogen-bond donors (Lipinski definition) is 1. The van der Waals surface area contributed by atoms with Crippen LogP contribution in [0.4, 0.5) is 0 Å². The zero-order valence-electron chi connectivity index (χ0n) is 12.4. The highest BCUT2D eigenvalue weighted by Crippen LogP contribution is 2.30. The third kappa shape index (κ3) is 3.50. The summed E-state index contributed by atoms with van der Waals surface area (Å²) in [6.07, 6.45) is 7.29. The monoisotopic (exact) mass is 341 g/mol. The SMILES string of the molecule is CCc1nn(C)c(CC(=O)CC2(N)CCCCC2)c1Br. The van der Waals surface area contributed by atoms with Gasteiger partial charge in [-0.15, -0.1) is 0 Å². The fraction of sp³-hybridized carbons (Fsp3) is 0.733. The molecule has 1 aromatic rings. The lowest BCUT2D eigenvalue weighted by Crippen LogP contribution is -2.43. The van der Waals surface area contributed by atoms with Gasteiger partial charge in [0.15, 0.2) is 0 Å². The Hall–Kier alpha value is -0.680. The number of aromatic nitrogens is 2. The van der Waals surface area contributed by atoms with E-state index in [4.69, 9.17) is 5.73 Å². The van der Waals surface area contributed by atoms with Gasteiger partial charge in [0.25, 0.3) is 0 Å². The van der Waals surface area contributed by atoms with Gasteiger partial charge < -0.3 is 5.73 Å². The molecule has 5 heteroatoms. The van der Waals surface area contributed by atoms with Crippen LogP contribution in [0.2, 0.25) is 0 Å². The van der Waals surface area contributed by atoms with Gasteiger partial charge in [0.1, 0.15) is 5.78 Å². The van der Waals surface area contributed by atoms with Crippen molar-refractivity contribution < 1.29 is 4.79 Å². The van der Waals surface area contributed by atoms with Crippen LogP contribution in [0.5, 0.6) is 0 Å². The van der Waals surface area contributed by atoms with Crippen molar-refractivity contribution >= 4 is 21.7 Å². The van der Waals surface area contributed by atoms with Crippen LogP contribution in [0.15, 0.2) is 4.47 Å². The number of aryl methyl sites for hydroxylation is 2. The van der Waals surface area contributed by atoms with Gasteiger partial charge in [-0.3, -0.25) is 9.48 Å². The number of carbonyl (C=O) groups is 1. The molecule has 2 rings (SSSR count). The Kier molecular flexibility index (Phi) is 5.02. The molecule has 0 spiro atoms. The molecule has 1 saturated carbocycles. The van der Waals surface area contributed by atoms with Gasteiger partial charge in [0.05, 0.1) is 15.9 Å². The number of halogens is 1. The van der Waals surface area contributed by atoms with Crippen LogP contribution in [0.25, 0.3) is 0 Å². The van der Waals surface area contributed by atoms with Crippen LogP contribution in [0.3, 0.4) is 0 Å². The second-order valence-electron chi connectivity index (χ2n) is 6.00. The molecular formula is C15H24BrN3O. The molecule has 1 fully saturated rings. The van der Waals surface area contributed by atoms with Crippen LogP contribution >= 0.6 is 15.9 Å². The molecule has 2 N–H and O–H groups in total. The van der Waals surface area contributed by atoms with Crippen molar-refractivity contribution in [2.75, 3.05) is 0 Å². The third-order valence-electron chi connectivity index (χ3n) is 4.27. The minimum atomic E-state index is -0.270. The lowest BCUT2D eigenvalue weighted by atomic mass is 9.79. The number of nitrogens with zero attached hydrogens (tertiary/aromatic N) is 2. The molecule has 0 atom stereocenters. The summed E-state index contributed by atoms with van der Waals surface area (Å²) in [4.78, 5) is 12.3. The first-order valence-corrected chi connectivity index (χ1v) is 8.25. The van der Waals surface area contributed by atoms with E-state index in [2.05, 4.69) is 28.0 Å². The minimum absolute atomic E-state index is 0.223. The van der Waals surface area contributed by atoms with E-state index in [1.165, 1.54) is 6.42 Å². The molecule has 0 radical (unpaired) electrons. The molecule has 0 amide bonds. The summed E-state index contributed by atoms with van der Waals surface area (Å²) < 4.78 is 2.79. The van der Waals surface area contributed by atoms with E-state index in [0.717, 1.165) is 48.0 Å². The van der Waals surface area contributed by atoms with Crippen LogP contribution in [-0.4, -0.2) is 21.1 Å². The minimum Gasteiger partial charge on any atom is -0.325 e. The average molecular weight is 342 g/mol. The quantitative estimate of drug-likeness (QED) is 0.895. The molecule has 20 heavy (non-hydrogen) atoms. The Bertz CT molecular complexity index is 490. The standard InChI is InChI=1S/C15H24BrN3O/c1-3-12-14(16)13(19(2)18-12)9-11(20)10-15(17)7-5-4-6-8-15/h3-10,17H2,1-2H3. The number of rotatable bonds is 5. The highest BCUT2D eigenvalue weighted by atomic mass is 79.9. The summed E-state index contributed by atoms with van der Waals surface area (Å²) in [6, 6.07) is 0. The second-order valence-corrected chi connectivity index (χ2v) is 6.79. The summed E-state index contributed by atoms with van der Waals surface area (Å²) in [7, 11) is 1.89. The number of hydrogen-bond acceptors (Lipinski definition) is 3. The molecule has 1 aliphatic rings. The number of nitrogens with two attached hydrogens (primary N) is 1. The predicted molar refractivity (Wildman–Crippen MR) is 83.6 cm³/mol. The third-order valence-corrected chi connectivity index (χ3v) is 5.18. The Morgan fingerprint density at radius 2 is 2.05 bits per heavy atom. The van der Waals surface area contributed by atoms with E-state index >= 15 is 0 Å². The molecule has 0 bridgehead atoms. The lowest BCUT2D eigenvalue weighted by molar-refractivity contribution is -0.120. The molecule has 4 nitrogen and oxygen atoms in total. The van der Waals surface area contributed by atoms with E-state index < -0.39 is 0 Å². The molecule has 0 saturated heterocycles. The summed E-state index contributed by atoms with van der Waals surface area (Å²) in [6.45, 7) is 2.07. The first kappa shape index (κ1) is 15.7. The molecule has 1 aliphatic carbocycles. The van der Waals surface area contributed by atoms with Gasteiger partial charge in [-0.25, -0.2) is 0 Å². The van der Waals surface area contributed by atoms with Crippen molar-refractivity contribution in [3.8, 4) is 0 Å². The van der Waals surface area contributed by atoms with E-state index in [1.807, 2.05) is 11.7 Å².